The molecule has 1 aromatic rings. The van der Waals surface area contributed by atoms with Gasteiger partial charge in [-0.15, -0.1) is 0 Å². The molecular formula is C10H17N5O. The molecule has 1 heterocycles. The number of amidine groups is 1. The number of nitrogens with one attached hydrogen (secondary N) is 1. The van der Waals surface area contributed by atoms with E-state index in [2.05, 4.69) is 9.97 Å². The van der Waals surface area contributed by atoms with Crippen molar-refractivity contribution in [2.24, 2.45) is 5.73 Å². The summed E-state index contributed by atoms with van der Waals surface area (Å²) in [6.45, 7) is 4.59. The minimum atomic E-state index is -0.0997. The number of rotatable bonds is 5. The highest BCUT2D eigenvalue weighted by Gasteiger charge is 2.11. The van der Waals surface area contributed by atoms with Crippen molar-refractivity contribution in [2.75, 3.05) is 18.1 Å². The molecule has 0 spiro atoms. The SMILES string of the molecule is CC(C)N(CCO)c1cnc(C(=N)N)cn1. The summed E-state index contributed by atoms with van der Waals surface area (Å²) in [5.74, 6) is 0.575. The first kappa shape index (κ1) is 12.4. The van der Waals surface area contributed by atoms with Gasteiger partial charge < -0.3 is 15.7 Å². The molecule has 0 aromatic carbocycles. The van der Waals surface area contributed by atoms with Crippen molar-refractivity contribution in [2.45, 2.75) is 19.9 Å². The number of nitrogen functional groups attached to an aromatic ring is 1. The molecule has 0 aliphatic heterocycles. The third-order valence-corrected chi connectivity index (χ3v) is 2.17. The van der Waals surface area contributed by atoms with Gasteiger partial charge in [-0.25, -0.2) is 9.97 Å². The van der Waals surface area contributed by atoms with Crippen LogP contribution in [0.1, 0.15) is 19.5 Å². The Morgan fingerprint density at radius 3 is 2.56 bits per heavy atom. The molecule has 0 atom stereocenters. The molecule has 1 rings (SSSR count). The van der Waals surface area contributed by atoms with Crippen molar-refractivity contribution in [1.82, 2.24) is 9.97 Å². The molecule has 16 heavy (non-hydrogen) atoms. The lowest BCUT2D eigenvalue weighted by Crippen LogP contribution is -2.34. The molecule has 1 aromatic heterocycles. The zero-order valence-corrected chi connectivity index (χ0v) is 9.51. The molecule has 6 nitrogen and oxygen atoms in total. The van der Waals surface area contributed by atoms with Gasteiger partial charge in [0.15, 0.2) is 0 Å². The van der Waals surface area contributed by atoms with E-state index in [1.807, 2.05) is 18.7 Å². The predicted octanol–water partition coefficient (Wildman–Crippen LogP) is -0.0322. The second-order valence-corrected chi connectivity index (χ2v) is 3.68. The Balaban J connectivity index is 2.89. The number of aromatic nitrogens is 2. The summed E-state index contributed by atoms with van der Waals surface area (Å²) in [4.78, 5) is 10.1. The summed E-state index contributed by atoms with van der Waals surface area (Å²) < 4.78 is 0. The van der Waals surface area contributed by atoms with Gasteiger partial charge in [-0.1, -0.05) is 0 Å². The third kappa shape index (κ3) is 2.90. The highest BCUT2D eigenvalue weighted by molar-refractivity contribution is 5.92. The average molecular weight is 223 g/mol. The zero-order valence-electron chi connectivity index (χ0n) is 9.51. The van der Waals surface area contributed by atoms with Crippen molar-refractivity contribution < 1.29 is 5.11 Å². The average Bonchev–Trinajstić information content (AvgIpc) is 2.25. The first-order valence-corrected chi connectivity index (χ1v) is 5.10. The van der Waals surface area contributed by atoms with E-state index < -0.39 is 0 Å². The van der Waals surface area contributed by atoms with Crippen LogP contribution in [0.3, 0.4) is 0 Å². The van der Waals surface area contributed by atoms with E-state index in [0.717, 1.165) is 0 Å². The van der Waals surface area contributed by atoms with Crippen LogP contribution in [0.25, 0.3) is 0 Å². The second-order valence-electron chi connectivity index (χ2n) is 3.68. The highest BCUT2D eigenvalue weighted by Crippen LogP contribution is 2.11. The molecule has 0 aliphatic rings. The number of aliphatic hydroxyl groups excluding tert-OH is 1. The molecular weight excluding hydrogens is 206 g/mol. The summed E-state index contributed by atoms with van der Waals surface area (Å²) in [6, 6.07) is 0.227. The lowest BCUT2D eigenvalue weighted by molar-refractivity contribution is 0.298. The number of hydrogen-bond donors (Lipinski definition) is 3. The van der Waals surface area contributed by atoms with E-state index in [4.69, 9.17) is 16.2 Å². The maximum atomic E-state index is 8.95. The number of nitrogens with zero attached hydrogens (tertiary/aromatic N) is 3. The highest BCUT2D eigenvalue weighted by atomic mass is 16.3. The Bertz CT molecular complexity index is 349. The van der Waals surface area contributed by atoms with Crippen molar-refractivity contribution in [1.29, 1.82) is 5.41 Å². The molecule has 0 aliphatic carbocycles. The van der Waals surface area contributed by atoms with Crippen LogP contribution in [0, 0.1) is 5.41 Å². The van der Waals surface area contributed by atoms with E-state index >= 15 is 0 Å². The summed E-state index contributed by atoms with van der Waals surface area (Å²) in [5.41, 5.74) is 5.64. The molecule has 88 valence electrons. The Morgan fingerprint density at radius 2 is 2.19 bits per heavy atom. The minimum Gasteiger partial charge on any atom is -0.395 e. The standard InChI is InChI=1S/C10H17N5O/c1-7(2)15(3-4-16)9-6-13-8(5-14-9)10(11)12/h5-7,16H,3-4H2,1-2H3,(H3,11,12). The molecule has 0 saturated heterocycles. The molecule has 4 N–H and O–H groups in total. The van der Waals surface area contributed by atoms with Gasteiger partial charge in [0, 0.05) is 12.6 Å². The van der Waals surface area contributed by atoms with Gasteiger partial charge in [0.2, 0.25) is 0 Å². The predicted molar refractivity (Wildman–Crippen MR) is 62.6 cm³/mol. The van der Waals surface area contributed by atoms with Gasteiger partial charge in [0.05, 0.1) is 19.0 Å². The van der Waals surface area contributed by atoms with E-state index in [1.165, 1.54) is 6.20 Å². The molecule has 0 fully saturated rings. The van der Waals surface area contributed by atoms with E-state index in [1.54, 1.807) is 6.20 Å². The normalized spacial score (nSPS) is 10.5. The van der Waals surface area contributed by atoms with Crippen LogP contribution in [0.15, 0.2) is 12.4 Å². The number of hydrogen-bond acceptors (Lipinski definition) is 5. The van der Waals surface area contributed by atoms with Gasteiger partial charge in [-0.3, -0.25) is 5.41 Å². The van der Waals surface area contributed by atoms with E-state index in [-0.39, 0.29) is 18.5 Å². The monoisotopic (exact) mass is 223 g/mol. The maximum Gasteiger partial charge on any atom is 0.147 e. The van der Waals surface area contributed by atoms with Gasteiger partial charge in [0.1, 0.15) is 17.3 Å². The third-order valence-electron chi connectivity index (χ3n) is 2.17. The van der Waals surface area contributed by atoms with Crippen LogP contribution in [-0.4, -0.2) is 40.1 Å². The maximum absolute atomic E-state index is 8.95. The van der Waals surface area contributed by atoms with E-state index in [9.17, 15) is 0 Å². The molecule has 6 heteroatoms. The minimum absolute atomic E-state index is 0.0638. The van der Waals surface area contributed by atoms with Crippen molar-refractivity contribution in [3.05, 3.63) is 18.1 Å². The van der Waals surface area contributed by atoms with Crippen LogP contribution in [0.4, 0.5) is 5.82 Å². The summed E-state index contributed by atoms with van der Waals surface area (Å²) in [7, 11) is 0. The van der Waals surface area contributed by atoms with Crippen LogP contribution < -0.4 is 10.6 Å². The second kappa shape index (κ2) is 5.41. The number of anilines is 1. The quantitative estimate of drug-likeness (QED) is 0.481. The fourth-order valence-corrected chi connectivity index (χ4v) is 1.35. The molecule has 0 amide bonds. The van der Waals surface area contributed by atoms with Crippen LogP contribution >= 0.6 is 0 Å². The summed E-state index contributed by atoms with van der Waals surface area (Å²) in [6.07, 6.45) is 3.02. The number of nitrogens with two attached hydrogens (primary N) is 1. The van der Waals surface area contributed by atoms with Gasteiger partial charge in [-0.2, -0.15) is 0 Å². The van der Waals surface area contributed by atoms with Crippen molar-refractivity contribution in [3.63, 3.8) is 0 Å². The van der Waals surface area contributed by atoms with Crippen LogP contribution in [0.2, 0.25) is 0 Å². The fraction of sp³-hybridized carbons (Fsp3) is 0.500. The molecule has 0 bridgehead atoms. The Kier molecular flexibility index (Phi) is 4.19. The largest absolute Gasteiger partial charge is 0.395 e. The smallest absolute Gasteiger partial charge is 0.147 e. The van der Waals surface area contributed by atoms with E-state index in [0.29, 0.717) is 18.1 Å². The lowest BCUT2D eigenvalue weighted by atomic mass is 10.3. The Labute approximate surface area is 94.6 Å². The van der Waals surface area contributed by atoms with Crippen molar-refractivity contribution >= 4 is 11.7 Å². The molecule has 0 radical (unpaired) electrons. The molecule has 0 unspecified atom stereocenters. The summed E-state index contributed by atoms with van der Waals surface area (Å²) in [5, 5.41) is 16.1. The first-order valence-electron chi connectivity index (χ1n) is 5.10. The fourth-order valence-electron chi connectivity index (χ4n) is 1.35. The Hall–Kier alpha value is -1.69. The van der Waals surface area contributed by atoms with Gasteiger partial charge >= 0.3 is 0 Å². The van der Waals surface area contributed by atoms with Crippen LogP contribution in [0.5, 0.6) is 0 Å². The summed E-state index contributed by atoms with van der Waals surface area (Å²) >= 11 is 0. The topological polar surface area (TPSA) is 99.1 Å². The zero-order chi connectivity index (χ0) is 12.1. The van der Waals surface area contributed by atoms with Crippen LogP contribution in [-0.2, 0) is 0 Å². The van der Waals surface area contributed by atoms with Gasteiger partial charge in [0.25, 0.3) is 0 Å². The molecule has 0 saturated carbocycles. The number of aliphatic hydroxyl groups is 1. The lowest BCUT2D eigenvalue weighted by Gasteiger charge is -2.26. The van der Waals surface area contributed by atoms with Gasteiger partial charge in [-0.05, 0) is 13.8 Å². The Morgan fingerprint density at radius 1 is 1.50 bits per heavy atom. The first-order chi connectivity index (χ1) is 7.56. The van der Waals surface area contributed by atoms with Crippen molar-refractivity contribution in [3.8, 4) is 0 Å².